The molecule has 0 aromatic heterocycles. The van der Waals surface area contributed by atoms with Crippen LogP contribution in [0, 0.1) is 5.82 Å². The minimum absolute atomic E-state index is 0.0146. The molecule has 1 amide bonds. The summed E-state index contributed by atoms with van der Waals surface area (Å²) in [7, 11) is 0. The van der Waals surface area contributed by atoms with Crippen molar-refractivity contribution in [1.82, 2.24) is 5.32 Å². The van der Waals surface area contributed by atoms with E-state index >= 15 is 0 Å². The van der Waals surface area contributed by atoms with E-state index in [-0.39, 0.29) is 11.6 Å². The van der Waals surface area contributed by atoms with Gasteiger partial charge in [0.05, 0.1) is 5.02 Å². The molecule has 1 aromatic rings. The topological polar surface area (TPSA) is 49.3 Å². The molecule has 14 heavy (non-hydrogen) atoms. The number of carbonyl (C=O) groups excluding carboxylic acids is 1. The first kappa shape index (κ1) is 10.9. The van der Waals surface area contributed by atoms with Gasteiger partial charge in [-0.15, -0.1) is 0 Å². The number of hydrogen-bond donors (Lipinski definition) is 2. The highest BCUT2D eigenvalue weighted by Crippen LogP contribution is 2.15. The van der Waals surface area contributed by atoms with Crippen LogP contribution in [-0.2, 0) is 11.3 Å². The van der Waals surface area contributed by atoms with E-state index in [2.05, 4.69) is 5.32 Å². The van der Waals surface area contributed by atoms with Gasteiger partial charge >= 0.3 is 0 Å². The average Bonchev–Trinajstić information content (AvgIpc) is 2.19. The summed E-state index contributed by atoms with van der Waals surface area (Å²) in [6.07, 6.45) is 0. The number of rotatable bonds is 3. The first-order chi connectivity index (χ1) is 6.63. The van der Waals surface area contributed by atoms with Crippen LogP contribution in [0.5, 0.6) is 0 Å². The van der Waals surface area contributed by atoms with Gasteiger partial charge < -0.3 is 10.4 Å². The number of benzene rings is 1. The summed E-state index contributed by atoms with van der Waals surface area (Å²) in [5, 5.41) is 10.9. The van der Waals surface area contributed by atoms with Crippen LogP contribution in [0.15, 0.2) is 18.2 Å². The molecular weight excluding hydrogens is 209 g/mol. The Hall–Kier alpha value is -1.13. The van der Waals surface area contributed by atoms with E-state index in [1.54, 1.807) is 0 Å². The Morgan fingerprint density at radius 1 is 1.57 bits per heavy atom. The Bertz CT molecular complexity index is 344. The molecule has 76 valence electrons. The monoisotopic (exact) mass is 217 g/mol. The van der Waals surface area contributed by atoms with Crippen molar-refractivity contribution in [3.63, 3.8) is 0 Å². The fourth-order valence-corrected chi connectivity index (χ4v) is 1.11. The summed E-state index contributed by atoms with van der Waals surface area (Å²) < 4.78 is 12.7. The number of amides is 1. The molecule has 5 heteroatoms. The second-order valence-corrected chi connectivity index (χ2v) is 3.09. The number of halogens is 2. The largest absolute Gasteiger partial charge is 0.387 e. The Balaban J connectivity index is 2.60. The predicted octanol–water partition coefficient (Wildman–Crippen LogP) is 1.09. The number of hydrogen-bond acceptors (Lipinski definition) is 2. The molecule has 0 bridgehead atoms. The van der Waals surface area contributed by atoms with Crippen LogP contribution in [0.1, 0.15) is 5.56 Å². The van der Waals surface area contributed by atoms with Crippen molar-refractivity contribution in [2.24, 2.45) is 0 Å². The summed E-state index contributed by atoms with van der Waals surface area (Å²) in [4.78, 5) is 10.7. The molecule has 0 aliphatic rings. The fraction of sp³-hybridized carbons (Fsp3) is 0.222. The second-order valence-electron chi connectivity index (χ2n) is 2.68. The van der Waals surface area contributed by atoms with Crippen LogP contribution in [0.4, 0.5) is 4.39 Å². The zero-order valence-electron chi connectivity index (χ0n) is 7.26. The summed E-state index contributed by atoms with van der Waals surface area (Å²) >= 11 is 5.53. The lowest BCUT2D eigenvalue weighted by atomic mass is 10.2. The van der Waals surface area contributed by atoms with Crippen LogP contribution in [-0.4, -0.2) is 17.6 Å². The number of carbonyl (C=O) groups is 1. The minimum atomic E-state index is -0.561. The van der Waals surface area contributed by atoms with Gasteiger partial charge in [0, 0.05) is 6.54 Å². The third-order valence-electron chi connectivity index (χ3n) is 1.62. The van der Waals surface area contributed by atoms with E-state index in [4.69, 9.17) is 16.7 Å². The maximum Gasteiger partial charge on any atom is 0.245 e. The Morgan fingerprint density at radius 2 is 2.29 bits per heavy atom. The lowest BCUT2D eigenvalue weighted by Crippen LogP contribution is -2.25. The third kappa shape index (κ3) is 2.97. The molecule has 0 fully saturated rings. The lowest BCUT2D eigenvalue weighted by Gasteiger charge is -2.03. The van der Waals surface area contributed by atoms with Crippen molar-refractivity contribution in [2.75, 3.05) is 6.61 Å². The van der Waals surface area contributed by atoms with E-state index < -0.39 is 18.3 Å². The molecule has 2 N–H and O–H groups in total. The smallest absolute Gasteiger partial charge is 0.245 e. The summed E-state index contributed by atoms with van der Waals surface area (Å²) in [6.45, 7) is -0.339. The molecular formula is C9H9ClFNO2. The maximum atomic E-state index is 12.7. The average molecular weight is 218 g/mol. The van der Waals surface area contributed by atoms with Crippen LogP contribution < -0.4 is 5.32 Å². The highest BCUT2D eigenvalue weighted by atomic mass is 35.5. The van der Waals surface area contributed by atoms with Crippen LogP contribution in [0.25, 0.3) is 0 Å². The first-order valence-electron chi connectivity index (χ1n) is 3.95. The highest BCUT2D eigenvalue weighted by Gasteiger charge is 2.02. The number of aliphatic hydroxyl groups is 1. The maximum absolute atomic E-state index is 12.7. The van der Waals surface area contributed by atoms with Gasteiger partial charge in [0.1, 0.15) is 12.4 Å². The molecule has 1 aromatic carbocycles. The van der Waals surface area contributed by atoms with Gasteiger partial charge in [0.15, 0.2) is 0 Å². The van der Waals surface area contributed by atoms with E-state index in [9.17, 15) is 9.18 Å². The predicted molar refractivity (Wildman–Crippen MR) is 50.3 cm³/mol. The van der Waals surface area contributed by atoms with Crippen LogP contribution >= 0.6 is 11.6 Å². The fourth-order valence-electron chi connectivity index (χ4n) is 0.906. The number of nitrogens with one attached hydrogen (secondary N) is 1. The van der Waals surface area contributed by atoms with Gasteiger partial charge in [0.25, 0.3) is 0 Å². The Kier molecular flexibility index (Phi) is 3.85. The summed E-state index contributed by atoms with van der Waals surface area (Å²) in [5.41, 5.74) is 0.679. The second kappa shape index (κ2) is 4.93. The highest BCUT2D eigenvalue weighted by molar-refractivity contribution is 6.30. The number of aliphatic hydroxyl groups excluding tert-OH is 1. The van der Waals surface area contributed by atoms with Gasteiger partial charge in [0.2, 0.25) is 5.91 Å². The minimum Gasteiger partial charge on any atom is -0.387 e. The molecule has 0 aliphatic carbocycles. The Labute approximate surface area is 85.5 Å². The van der Waals surface area contributed by atoms with E-state index in [0.717, 1.165) is 0 Å². The van der Waals surface area contributed by atoms with Crippen molar-refractivity contribution >= 4 is 17.5 Å². The van der Waals surface area contributed by atoms with E-state index in [1.165, 1.54) is 18.2 Å². The third-order valence-corrected chi connectivity index (χ3v) is 1.91. The molecule has 0 unspecified atom stereocenters. The van der Waals surface area contributed by atoms with Gasteiger partial charge in [-0.25, -0.2) is 4.39 Å². The van der Waals surface area contributed by atoms with Crippen molar-refractivity contribution < 1.29 is 14.3 Å². The summed E-state index contributed by atoms with van der Waals surface area (Å²) in [6, 6.07) is 4.16. The molecule has 1 rings (SSSR count). The van der Waals surface area contributed by atoms with Crippen molar-refractivity contribution in [3.05, 3.63) is 34.6 Å². The first-order valence-corrected chi connectivity index (χ1v) is 4.32. The molecule has 0 radical (unpaired) electrons. The van der Waals surface area contributed by atoms with Crippen LogP contribution in [0.2, 0.25) is 5.02 Å². The lowest BCUT2D eigenvalue weighted by molar-refractivity contribution is -0.123. The van der Waals surface area contributed by atoms with Crippen LogP contribution in [0.3, 0.4) is 0 Å². The van der Waals surface area contributed by atoms with Crippen molar-refractivity contribution in [2.45, 2.75) is 6.54 Å². The van der Waals surface area contributed by atoms with Crippen molar-refractivity contribution in [1.29, 1.82) is 0 Å². The Morgan fingerprint density at radius 3 is 2.86 bits per heavy atom. The molecule has 0 atom stereocenters. The standard InChI is InChI=1S/C9H9ClFNO2/c10-7-3-6(1-2-8(7)11)4-12-9(14)5-13/h1-3,13H,4-5H2,(H,12,14). The van der Waals surface area contributed by atoms with Gasteiger partial charge in [-0.3, -0.25) is 4.79 Å². The zero-order chi connectivity index (χ0) is 10.6. The molecule has 0 saturated carbocycles. The van der Waals surface area contributed by atoms with Gasteiger partial charge in [-0.2, -0.15) is 0 Å². The molecule has 0 saturated heterocycles. The van der Waals surface area contributed by atoms with Crippen molar-refractivity contribution in [3.8, 4) is 0 Å². The summed E-state index contributed by atoms with van der Waals surface area (Å²) in [5.74, 6) is -0.977. The molecule has 0 aliphatic heterocycles. The van der Waals surface area contributed by atoms with E-state index in [0.29, 0.717) is 5.56 Å². The van der Waals surface area contributed by atoms with Gasteiger partial charge in [-0.1, -0.05) is 17.7 Å². The normalized spacial score (nSPS) is 9.93. The SMILES string of the molecule is O=C(CO)NCc1ccc(F)c(Cl)c1. The zero-order valence-corrected chi connectivity index (χ0v) is 8.01. The van der Waals surface area contributed by atoms with Gasteiger partial charge in [-0.05, 0) is 17.7 Å². The molecule has 0 heterocycles. The van der Waals surface area contributed by atoms with E-state index in [1.807, 2.05) is 0 Å². The molecule has 3 nitrogen and oxygen atoms in total. The molecule has 0 spiro atoms. The quantitative estimate of drug-likeness (QED) is 0.796.